The van der Waals surface area contributed by atoms with Gasteiger partial charge in [-0.25, -0.2) is 19.0 Å². The fourth-order valence-electron chi connectivity index (χ4n) is 3.02. The van der Waals surface area contributed by atoms with Gasteiger partial charge in [0.2, 0.25) is 0 Å². The van der Waals surface area contributed by atoms with Crippen LogP contribution < -0.4 is 4.90 Å². The fraction of sp³-hybridized carbons (Fsp3) is 0.222. The highest BCUT2D eigenvalue weighted by Gasteiger charge is 2.15. The molecule has 1 N–H and O–H groups in total. The molecule has 1 aromatic carbocycles. The predicted octanol–water partition coefficient (Wildman–Crippen LogP) is 2.59. The van der Waals surface area contributed by atoms with E-state index in [9.17, 15) is 14.3 Å². The second-order valence-corrected chi connectivity index (χ2v) is 6.11. The van der Waals surface area contributed by atoms with E-state index >= 15 is 0 Å². The molecular weight excluding hydrogens is 337 g/mol. The van der Waals surface area contributed by atoms with E-state index < -0.39 is 11.6 Å². The molecule has 26 heavy (non-hydrogen) atoms. The Morgan fingerprint density at radius 1 is 1.04 bits per heavy atom. The number of aldehydes is 1. The van der Waals surface area contributed by atoms with Crippen LogP contribution in [0.5, 0.6) is 5.75 Å². The third kappa shape index (κ3) is 2.90. The summed E-state index contributed by atoms with van der Waals surface area (Å²) < 4.78 is 15.3. The minimum atomic E-state index is -0.855. The summed E-state index contributed by atoms with van der Waals surface area (Å²) in [7, 11) is 0. The van der Waals surface area contributed by atoms with Crippen molar-refractivity contribution >= 4 is 12.1 Å². The minimum Gasteiger partial charge on any atom is -0.504 e. The van der Waals surface area contributed by atoms with Crippen molar-refractivity contribution in [1.82, 2.24) is 19.7 Å². The first-order chi connectivity index (χ1) is 12.7. The van der Waals surface area contributed by atoms with Crippen molar-refractivity contribution in [2.75, 3.05) is 18.0 Å². The van der Waals surface area contributed by atoms with Crippen LogP contribution in [0.4, 0.5) is 10.2 Å². The number of hydrogen-bond acceptors (Lipinski definition) is 6. The lowest BCUT2D eigenvalue weighted by molar-refractivity contribution is 0.112. The number of carbonyl (C=O) groups is 1. The Bertz CT molecular complexity index is 949. The molecule has 2 aromatic heterocycles. The van der Waals surface area contributed by atoms with Crippen LogP contribution in [0.2, 0.25) is 0 Å². The van der Waals surface area contributed by atoms with E-state index in [0.29, 0.717) is 23.2 Å². The van der Waals surface area contributed by atoms with Crippen LogP contribution in [0.25, 0.3) is 16.9 Å². The normalized spacial score (nSPS) is 14.0. The number of aromatic nitrogens is 4. The summed E-state index contributed by atoms with van der Waals surface area (Å²) in [5.74, 6) is -0.129. The number of hydrogen-bond donors (Lipinski definition) is 1. The van der Waals surface area contributed by atoms with Gasteiger partial charge in [0.25, 0.3) is 0 Å². The molecule has 3 heterocycles. The summed E-state index contributed by atoms with van der Waals surface area (Å²) in [4.78, 5) is 22.0. The molecule has 1 saturated heterocycles. The second-order valence-electron chi connectivity index (χ2n) is 6.11. The Kier molecular flexibility index (Phi) is 4.08. The lowest BCUT2D eigenvalue weighted by atomic mass is 10.1. The van der Waals surface area contributed by atoms with E-state index in [1.54, 1.807) is 18.6 Å². The maximum absolute atomic E-state index is 13.8. The molecule has 3 aromatic rings. The Morgan fingerprint density at radius 2 is 1.77 bits per heavy atom. The van der Waals surface area contributed by atoms with E-state index in [2.05, 4.69) is 20.0 Å². The van der Waals surface area contributed by atoms with Gasteiger partial charge in [0.15, 0.2) is 23.7 Å². The van der Waals surface area contributed by atoms with Crippen LogP contribution >= 0.6 is 0 Å². The lowest BCUT2D eigenvalue weighted by Gasteiger charge is -2.15. The highest BCUT2D eigenvalue weighted by atomic mass is 19.1. The first-order valence-electron chi connectivity index (χ1n) is 8.26. The van der Waals surface area contributed by atoms with Gasteiger partial charge < -0.3 is 10.0 Å². The van der Waals surface area contributed by atoms with Crippen molar-refractivity contribution in [2.24, 2.45) is 0 Å². The molecule has 0 atom stereocenters. The van der Waals surface area contributed by atoms with Crippen molar-refractivity contribution in [3.63, 3.8) is 0 Å². The third-order valence-corrected chi connectivity index (χ3v) is 4.43. The SMILES string of the molecule is O=Cc1cc(-c2cnn(-c3cnc(N4CCCC4)cn3)c2)cc(F)c1O. The van der Waals surface area contributed by atoms with Gasteiger partial charge in [-0.05, 0) is 30.5 Å². The summed E-state index contributed by atoms with van der Waals surface area (Å²) in [5.41, 5.74) is 0.926. The Hall–Kier alpha value is -3.29. The lowest BCUT2D eigenvalue weighted by Crippen LogP contribution is -2.19. The van der Waals surface area contributed by atoms with Gasteiger partial charge in [-0.3, -0.25) is 4.79 Å². The van der Waals surface area contributed by atoms with Gasteiger partial charge in [-0.15, -0.1) is 0 Å². The number of aromatic hydroxyl groups is 1. The van der Waals surface area contributed by atoms with Gasteiger partial charge in [-0.1, -0.05) is 0 Å². The fourth-order valence-corrected chi connectivity index (χ4v) is 3.02. The number of carbonyl (C=O) groups excluding carboxylic acids is 1. The van der Waals surface area contributed by atoms with Crippen molar-refractivity contribution in [1.29, 1.82) is 0 Å². The number of phenolic OH excluding ortho intramolecular Hbond substituents is 1. The molecule has 4 rings (SSSR count). The Labute approximate surface area is 148 Å². The van der Waals surface area contributed by atoms with E-state index in [1.165, 1.54) is 16.9 Å². The molecular formula is C18H16FN5O2. The molecule has 0 unspecified atom stereocenters. The number of halogens is 1. The number of rotatable bonds is 4. The maximum Gasteiger partial charge on any atom is 0.171 e. The van der Waals surface area contributed by atoms with Crippen LogP contribution in [-0.4, -0.2) is 44.2 Å². The van der Waals surface area contributed by atoms with Crippen molar-refractivity contribution < 1.29 is 14.3 Å². The monoisotopic (exact) mass is 353 g/mol. The van der Waals surface area contributed by atoms with Crippen LogP contribution in [-0.2, 0) is 0 Å². The van der Waals surface area contributed by atoms with E-state index in [0.717, 1.165) is 37.8 Å². The number of anilines is 1. The number of phenols is 1. The summed E-state index contributed by atoms with van der Waals surface area (Å²) in [6.07, 6.45) is 9.30. The van der Waals surface area contributed by atoms with E-state index in [4.69, 9.17) is 0 Å². The highest BCUT2D eigenvalue weighted by molar-refractivity contribution is 5.82. The molecule has 1 fully saturated rings. The van der Waals surface area contributed by atoms with Crippen LogP contribution in [0.15, 0.2) is 36.9 Å². The zero-order valence-corrected chi connectivity index (χ0v) is 13.8. The summed E-state index contributed by atoms with van der Waals surface area (Å²) in [6.45, 7) is 1.98. The Morgan fingerprint density at radius 3 is 2.46 bits per heavy atom. The van der Waals surface area contributed by atoms with Crippen molar-refractivity contribution in [3.05, 3.63) is 48.3 Å². The molecule has 0 saturated carbocycles. The zero-order valence-electron chi connectivity index (χ0n) is 13.8. The maximum atomic E-state index is 13.8. The summed E-state index contributed by atoms with van der Waals surface area (Å²) >= 11 is 0. The van der Waals surface area contributed by atoms with Gasteiger partial charge in [0.05, 0.1) is 24.2 Å². The first-order valence-corrected chi connectivity index (χ1v) is 8.26. The van der Waals surface area contributed by atoms with E-state index in [-0.39, 0.29) is 5.56 Å². The van der Waals surface area contributed by atoms with Crippen LogP contribution in [0.1, 0.15) is 23.2 Å². The minimum absolute atomic E-state index is 0.109. The molecule has 0 bridgehead atoms. The van der Waals surface area contributed by atoms with Crippen molar-refractivity contribution in [2.45, 2.75) is 12.8 Å². The molecule has 1 aliphatic heterocycles. The van der Waals surface area contributed by atoms with Gasteiger partial charge in [-0.2, -0.15) is 5.10 Å². The molecule has 0 aliphatic carbocycles. The quantitative estimate of drug-likeness (QED) is 0.726. The smallest absolute Gasteiger partial charge is 0.171 e. The van der Waals surface area contributed by atoms with Gasteiger partial charge in [0.1, 0.15) is 5.82 Å². The topological polar surface area (TPSA) is 84.1 Å². The van der Waals surface area contributed by atoms with Crippen LogP contribution in [0.3, 0.4) is 0 Å². The number of benzene rings is 1. The molecule has 8 heteroatoms. The molecule has 0 amide bonds. The Balaban J connectivity index is 1.62. The van der Waals surface area contributed by atoms with Crippen LogP contribution in [0, 0.1) is 5.82 Å². The molecule has 0 spiro atoms. The second kappa shape index (κ2) is 6.55. The third-order valence-electron chi connectivity index (χ3n) is 4.43. The molecule has 132 valence electrons. The molecule has 7 nitrogen and oxygen atoms in total. The standard InChI is InChI=1S/C18H16FN5O2/c19-15-6-12(5-13(11-25)18(15)26)14-7-22-24(10-14)17-9-20-16(8-21-17)23-3-1-2-4-23/h5-11,26H,1-4H2. The largest absolute Gasteiger partial charge is 0.504 e. The van der Waals surface area contributed by atoms with Crippen molar-refractivity contribution in [3.8, 4) is 22.7 Å². The van der Waals surface area contributed by atoms with Gasteiger partial charge >= 0.3 is 0 Å². The average Bonchev–Trinajstić information content (AvgIpc) is 3.36. The number of nitrogens with zero attached hydrogens (tertiary/aromatic N) is 5. The van der Waals surface area contributed by atoms with Gasteiger partial charge in [0, 0.05) is 24.8 Å². The predicted molar refractivity (Wildman–Crippen MR) is 93.0 cm³/mol. The summed E-state index contributed by atoms with van der Waals surface area (Å²) in [6, 6.07) is 2.57. The first kappa shape index (κ1) is 16.2. The average molecular weight is 353 g/mol. The summed E-state index contributed by atoms with van der Waals surface area (Å²) in [5, 5.41) is 13.7. The zero-order chi connectivity index (χ0) is 18.1. The van der Waals surface area contributed by atoms with E-state index in [1.807, 2.05) is 0 Å². The molecule has 0 radical (unpaired) electrons. The highest BCUT2D eigenvalue weighted by Crippen LogP contribution is 2.28. The molecule has 1 aliphatic rings.